The predicted octanol–water partition coefficient (Wildman–Crippen LogP) is 3.88. The van der Waals surface area contributed by atoms with Crippen LogP contribution in [0, 0.1) is 21.4 Å². The number of halogens is 2. The summed E-state index contributed by atoms with van der Waals surface area (Å²) in [7, 11) is 0. The second kappa shape index (κ2) is 4.80. The molecule has 0 bridgehead atoms. The maximum atomic E-state index is 11.0. The van der Waals surface area contributed by atoms with Gasteiger partial charge in [0.15, 0.2) is 0 Å². The molecule has 18 heavy (non-hydrogen) atoms. The molecule has 0 aliphatic carbocycles. The van der Waals surface area contributed by atoms with Crippen LogP contribution < -0.4 is 0 Å². The van der Waals surface area contributed by atoms with E-state index in [1.165, 1.54) is 0 Å². The van der Waals surface area contributed by atoms with E-state index >= 15 is 0 Å². The minimum atomic E-state index is -0.594. The van der Waals surface area contributed by atoms with Crippen LogP contribution >= 0.6 is 27.5 Å². The highest BCUT2D eigenvalue weighted by atomic mass is 79.9. The van der Waals surface area contributed by atoms with E-state index in [0.717, 1.165) is 4.47 Å². The summed E-state index contributed by atoms with van der Waals surface area (Å²) in [6.45, 7) is 0. The summed E-state index contributed by atoms with van der Waals surface area (Å²) in [4.78, 5) is 12.8. The summed E-state index contributed by atoms with van der Waals surface area (Å²) >= 11 is 9.27. The number of nitriles is 1. The molecule has 0 fully saturated rings. The molecule has 0 spiro atoms. The summed E-state index contributed by atoms with van der Waals surface area (Å²) < 4.78 is 0.769. The lowest BCUT2D eigenvalue weighted by atomic mass is 10.1. The van der Waals surface area contributed by atoms with Crippen molar-refractivity contribution in [2.24, 2.45) is 0 Å². The van der Waals surface area contributed by atoms with Gasteiger partial charge in [-0.2, -0.15) is 5.26 Å². The molecule has 2 rings (SSSR count). The fourth-order valence-electron chi connectivity index (χ4n) is 1.59. The lowest BCUT2D eigenvalue weighted by molar-refractivity contribution is -0.388. The molecule has 1 aromatic carbocycles. The molecule has 0 radical (unpaired) electrons. The van der Waals surface area contributed by atoms with Crippen LogP contribution in [0.15, 0.2) is 28.7 Å². The molecule has 0 saturated carbocycles. The first-order valence-corrected chi connectivity index (χ1v) is 5.93. The minimum absolute atomic E-state index is 0.0154. The standard InChI is InChI=1S/C11H5BrClN3O2/c12-7-3-1-2-6(4-7)9-10(13)8(5-14)15-11(9)16(17)18/h1-4,15H. The van der Waals surface area contributed by atoms with E-state index in [9.17, 15) is 10.1 Å². The van der Waals surface area contributed by atoms with Crippen LogP contribution in [-0.4, -0.2) is 9.91 Å². The SMILES string of the molecule is N#Cc1[nH]c([N+](=O)[O-])c(-c2cccc(Br)c2)c1Cl. The van der Waals surface area contributed by atoms with Crippen molar-refractivity contribution in [1.82, 2.24) is 4.98 Å². The first kappa shape index (κ1) is 12.6. The van der Waals surface area contributed by atoms with Gasteiger partial charge in [0, 0.05) is 4.47 Å². The monoisotopic (exact) mass is 325 g/mol. The zero-order valence-electron chi connectivity index (χ0n) is 8.78. The second-order valence-electron chi connectivity index (χ2n) is 3.42. The average molecular weight is 327 g/mol. The van der Waals surface area contributed by atoms with E-state index in [4.69, 9.17) is 16.9 Å². The van der Waals surface area contributed by atoms with Gasteiger partial charge in [0.25, 0.3) is 0 Å². The first-order chi connectivity index (χ1) is 8.54. The lowest BCUT2D eigenvalue weighted by Crippen LogP contribution is -1.90. The molecule has 0 aliphatic heterocycles. The lowest BCUT2D eigenvalue weighted by Gasteiger charge is -2.01. The van der Waals surface area contributed by atoms with E-state index < -0.39 is 4.92 Å². The van der Waals surface area contributed by atoms with E-state index in [2.05, 4.69) is 20.9 Å². The minimum Gasteiger partial charge on any atom is -0.358 e. The third-order valence-electron chi connectivity index (χ3n) is 2.33. The number of rotatable bonds is 2. The third-order valence-corrected chi connectivity index (χ3v) is 3.20. The van der Waals surface area contributed by atoms with Crippen molar-refractivity contribution in [2.45, 2.75) is 0 Å². The van der Waals surface area contributed by atoms with Crippen molar-refractivity contribution < 1.29 is 4.92 Å². The Labute approximate surface area is 115 Å². The van der Waals surface area contributed by atoms with Crippen LogP contribution in [0.5, 0.6) is 0 Å². The summed E-state index contributed by atoms with van der Waals surface area (Å²) in [5, 5.41) is 19.9. The Kier molecular flexibility index (Phi) is 3.36. The quantitative estimate of drug-likeness (QED) is 0.671. The highest BCUT2D eigenvalue weighted by Gasteiger charge is 2.25. The van der Waals surface area contributed by atoms with Gasteiger partial charge in [-0.1, -0.05) is 39.7 Å². The van der Waals surface area contributed by atoms with Gasteiger partial charge in [-0.25, -0.2) is 4.98 Å². The molecule has 7 heteroatoms. The molecule has 0 atom stereocenters. The van der Waals surface area contributed by atoms with Gasteiger partial charge in [-0.05, 0) is 22.6 Å². The van der Waals surface area contributed by atoms with Crippen LogP contribution in [0.4, 0.5) is 5.82 Å². The number of nitrogens with one attached hydrogen (secondary N) is 1. The molecule has 0 amide bonds. The zero-order valence-corrected chi connectivity index (χ0v) is 11.1. The van der Waals surface area contributed by atoms with Crippen molar-refractivity contribution in [2.75, 3.05) is 0 Å². The van der Waals surface area contributed by atoms with Crippen LogP contribution in [0.25, 0.3) is 11.1 Å². The van der Waals surface area contributed by atoms with Gasteiger partial charge in [0.2, 0.25) is 5.69 Å². The van der Waals surface area contributed by atoms with E-state index in [1.807, 2.05) is 0 Å². The maximum absolute atomic E-state index is 11.0. The van der Waals surface area contributed by atoms with Crippen LogP contribution in [0.3, 0.4) is 0 Å². The normalized spacial score (nSPS) is 10.1. The van der Waals surface area contributed by atoms with Gasteiger partial charge in [0.05, 0.1) is 5.56 Å². The Balaban J connectivity index is 2.74. The number of hydrogen-bond acceptors (Lipinski definition) is 3. The number of aromatic amines is 1. The van der Waals surface area contributed by atoms with Crippen molar-refractivity contribution in [1.29, 1.82) is 5.26 Å². The number of nitro groups is 1. The number of benzene rings is 1. The van der Waals surface area contributed by atoms with Crippen molar-refractivity contribution >= 4 is 33.3 Å². The molecule has 90 valence electrons. The van der Waals surface area contributed by atoms with Gasteiger partial charge >= 0.3 is 5.82 Å². The topological polar surface area (TPSA) is 82.7 Å². The molecular weight excluding hydrogens is 321 g/mol. The Bertz CT molecular complexity index is 675. The van der Waals surface area contributed by atoms with E-state index in [0.29, 0.717) is 5.56 Å². The predicted molar refractivity (Wildman–Crippen MR) is 70.3 cm³/mol. The molecular formula is C11H5BrClN3O2. The maximum Gasteiger partial charge on any atom is 0.331 e. The summed E-state index contributed by atoms with van der Waals surface area (Å²) in [5.41, 5.74) is 0.775. The second-order valence-corrected chi connectivity index (χ2v) is 4.71. The molecule has 0 unspecified atom stereocenters. The first-order valence-electron chi connectivity index (χ1n) is 4.76. The molecule has 0 saturated heterocycles. The highest BCUT2D eigenvalue weighted by molar-refractivity contribution is 9.10. The fraction of sp³-hybridized carbons (Fsp3) is 0. The van der Waals surface area contributed by atoms with Gasteiger partial charge in [0.1, 0.15) is 11.1 Å². The summed E-state index contributed by atoms with van der Waals surface area (Å²) in [5.74, 6) is -0.283. The number of hydrogen-bond donors (Lipinski definition) is 1. The number of nitrogens with zero attached hydrogens (tertiary/aromatic N) is 2. The van der Waals surface area contributed by atoms with Crippen molar-refractivity contribution in [3.63, 3.8) is 0 Å². The Morgan fingerprint density at radius 3 is 2.78 bits per heavy atom. The Hall–Kier alpha value is -1.84. The highest BCUT2D eigenvalue weighted by Crippen LogP contribution is 2.39. The summed E-state index contributed by atoms with van der Waals surface area (Å²) in [6.07, 6.45) is 0. The Morgan fingerprint density at radius 1 is 1.50 bits per heavy atom. The fourth-order valence-corrected chi connectivity index (χ4v) is 2.27. The van der Waals surface area contributed by atoms with Gasteiger partial charge < -0.3 is 10.1 Å². The smallest absolute Gasteiger partial charge is 0.331 e. The molecule has 1 heterocycles. The molecule has 1 aromatic heterocycles. The number of H-pyrrole nitrogens is 1. The zero-order chi connectivity index (χ0) is 13.3. The van der Waals surface area contributed by atoms with Gasteiger partial charge in [-0.15, -0.1) is 0 Å². The molecule has 0 aliphatic rings. The molecule has 5 nitrogen and oxygen atoms in total. The largest absolute Gasteiger partial charge is 0.358 e. The average Bonchev–Trinajstić information content (AvgIpc) is 2.66. The van der Waals surface area contributed by atoms with Crippen LogP contribution in [-0.2, 0) is 0 Å². The summed E-state index contributed by atoms with van der Waals surface area (Å²) in [6, 6.07) is 8.71. The van der Waals surface area contributed by atoms with E-state index in [1.54, 1.807) is 30.3 Å². The molecule has 1 N–H and O–H groups in total. The number of aromatic nitrogens is 1. The van der Waals surface area contributed by atoms with Crippen molar-refractivity contribution in [3.8, 4) is 17.2 Å². The van der Waals surface area contributed by atoms with Crippen LogP contribution in [0.1, 0.15) is 5.69 Å². The van der Waals surface area contributed by atoms with Crippen molar-refractivity contribution in [3.05, 3.63) is 49.6 Å². The van der Waals surface area contributed by atoms with Gasteiger partial charge in [-0.3, -0.25) is 0 Å². The Morgan fingerprint density at radius 2 is 2.22 bits per heavy atom. The molecule has 2 aromatic rings. The van der Waals surface area contributed by atoms with Crippen LogP contribution in [0.2, 0.25) is 5.02 Å². The third kappa shape index (κ3) is 2.10. The van der Waals surface area contributed by atoms with E-state index in [-0.39, 0.29) is 22.1 Å².